The van der Waals surface area contributed by atoms with Gasteiger partial charge in [0.1, 0.15) is 10.1 Å². The Kier molecular flexibility index (Phi) is 10.4. The van der Waals surface area contributed by atoms with Gasteiger partial charge in [0.05, 0.1) is 4.90 Å². The van der Waals surface area contributed by atoms with E-state index in [1.165, 1.54) is 6.07 Å². The molecule has 0 N–H and O–H groups in total. The molecule has 0 aromatic heterocycles. The number of hydrogen-bond acceptors (Lipinski definition) is 3. The van der Waals surface area contributed by atoms with Crippen LogP contribution in [0.5, 0.6) is 0 Å². The van der Waals surface area contributed by atoms with Crippen molar-refractivity contribution in [3.63, 3.8) is 0 Å². The number of hydrogen-bond donors (Lipinski definition) is 0. The molecule has 0 saturated heterocycles. The van der Waals surface area contributed by atoms with Gasteiger partial charge in [0.15, 0.2) is 0 Å². The molecule has 0 unspecified atom stereocenters. The monoisotopic (exact) mass is 386 g/mol. The minimum atomic E-state index is -4.46. The van der Waals surface area contributed by atoms with E-state index in [-0.39, 0.29) is 56.3 Å². The maximum absolute atomic E-state index is 11.6. The van der Waals surface area contributed by atoms with Gasteiger partial charge < -0.3 is 4.55 Å². The van der Waals surface area contributed by atoms with Gasteiger partial charge in [-0.15, -0.1) is 0 Å². The summed E-state index contributed by atoms with van der Waals surface area (Å²) < 4.78 is 34.9. The van der Waals surface area contributed by atoms with E-state index in [2.05, 4.69) is 19.9 Å². The van der Waals surface area contributed by atoms with Crippen LogP contribution >= 0.6 is 0 Å². The van der Waals surface area contributed by atoms with E-state index < -0.39 is 10.1 Å². The first-order valence-electron chi connectivity index (χ1n) is 8.98. The summed E-state index contributed by atoms with van der Waals surface area (Å²) >= 11 is 0. The summed E-state index contributed by atoms with van der Waals surface area (Å²) in [5.41, 5.74) is 2.33. The Morgan fingerprint density at radius 2 is 1.40 bits per heavy atom. The molecule has 2 aromatic rings. The van der Waals surface area contributed by atoms with Crippen LogP contribution in [0, 0.1) is 0 Å². The zero-order valence-corrected chi connectivity index (χ0v) is 19.6. The second-order valence-electron chi connectivity index (χ2n) is 6.43. The van der Waals surface area contributed by atoms with Crippen molar-refractivity contribution >= 4 is 20.9 Å². The standard InChI is InChI=1S/C20H28O3S.K/c1-3-5-7-10-16-12-9-13-18-19(24(21,22)23)15-14-17(20(16)18)11-8-6-4-2;/h9,12-15H,3-8,10-11H2,1-2H3,(H,21,22,23);/q;+1/p-1. The third-order valence-electron chi connectivity index (χ3n) is 4.54. The smallest absolute Gasteiger partial charge is 0.744 e. The molecule has 0 atom stereocenters. The summed E-state index contributed by atoms with van der Waals surface area (Å²) in [5.74, 6) is 0. The van der Waals surface area contributed by atoms with Gasteiger partial charge in [-0.25, -0.2) is 8.42 Å². The fraction of sp³-hybridized carbons (Fsp3) is 0.500. The number of unbranched alkanes of at least 4 members (excludes halogenated alkanes) is 4. The van der Waals surface area contributed by atoms with E-state index in [1.807, 2.05) is 12.1 Å². The Labute approximate surface area is 194 Å². The third kappa shape index (κ3) is 6.42. The molecule has 25 heavy (non-hydrogen) atoms. The quantitative estimate of drug-likeness (QED) is 0.377. The Bertz CT molecular complexity index is 769. The van der Waals surface area contributed by atoms with Crippen molar-refractivity contribution in [3.05, 3.63) is 41.5 Å². The first-order chi connectivity index (χ1) is 11.5. The average Bonchev–Trinajstić information content (AvgIpc) is 2.54. The molecule has 0 aliphatic heterocycles. The molecule has 0 aliphatic carbocycles. The molecule has 5 heteroatoms. The van der Waals surface area contributed by atoms with Crippen molar-refractivity contribution in [1.82, 2.24) is 0 Å². The summed E-state index contributed by atoms with van der Waals surface area (Å²) in [6.45, 7) is 4.34. The summed E-state index contributed by atoms with van der Waals surface area (Å²) in [7, 11) is -4.46. The zero-order valence-electron chi connectivity index (χ0n) is 15.7. The summed E-state index contributed by atoms with van der Waals surface area (Å²) in [5, 5.41) is 1.58. The summed E-state index contributed by atoms with van der Waals surface area (Å²) in [6, 6.07) is 9.04. The van der Waals surface area contributed by atoms with Crippen molar-refractivity contribution in [2.24, 2.45) is 0 Å². The van der Waals surface area contributed by atoms with Crippen molar-refractivity contribution in [3.8, 4) is 0 Å². The van der Waals surface area contributed by atoms with Crippen LogP contribution in [0.4, 0.5) is 0 Å². The van der Waals surface area contributed by atoms with E-state index in [9.17, 15) is 13.0 Å². The molecule has 0 heterocycles. The van der Waals surface area contributed by atoms with Crippen molar-refractivity contribution in [2.45, 2.75) is 70.1 Å². The second-order valence-corrected chi connectivity index (χ2v) is 7.78. The van der Waals surface area contributed by atoms with Gasteiger partial charge >= 0.3 is 51.4 Å². The van der Waals surface area contributed by atoms with E-state index in [0.717, 1.165) is 67.9 Å². The van der Waals surface area contributed by atoms with Gasteiger partial charge in [0, 0.05) is 0 Å². The Morgan fingerprint density at radius 3 is 1.92 bits per heavy atom. The molecule has 2 rings (SSSR count). The fourth-order valence-electron chi connectivity index (χ4n) is 3.30. The van der Waals surface area contributed by atoms with Crippen LogP contribution in [0.2, 0.25) is 0 Å². The van der Waals surface area contributed by atoms with Crippen LogP contribution < -0.4 is 51.4 Å². The van der Waals surface area contributed by atoms with Crippen LogP contribution in [0.25, 0.3) is 10.8 Å². The Hall–Kier alpha value is 0.246. The molecule has 3 nitrogen and oxygen atoms in total. The van der Waals surface area contributed by atoms with Crippen LogP contribution in [0.1, 0.15) is 63.5 Å². The first kappa shape index (κ1) is 23.3. The van der Waals surface area contributed by atoms with Gasteiger partial charge in [-0.1, -0.05) is 63.8 Å². The largest absolute Gasteiger partial charge is 1.00 e. The van der Waals surface area contributed by atoms with Crippen LogP contribution in [-0.2, 0) is 23.0 Å². The molecule has 0 amide bonds. The third-order valence-corrected chi connectivity index (χ3v) is 5.44. The van der Waals surface area contributed by atoms with Crippen molar-refractivity contribution in [2.75, 3.05) is 0 Å². The number of fused-ring (bicyclic) bond motifs is 1. The van der Waals surface area contributed by atoms with Gasteiger partial charge in [0.2, 0.25) is 0 Å². The topological polar surface area (TPSA) is 57.2 Å². The SMILES string of the molecule is CCCCCc1cccc2c(S(=O)(=O)[O-])ccc(CCCCC)c12.[K+]. The molecular weight excluding hydrogens is 359 g/mol. The minimum Gasteiger partial charge on any atom is -0.744 e. The van der Waals surface area contributed by atoms with Crippen molar-refractivity contribution < 1.29 is 64.4 Å². The van der Waals surface area contributed by atoms with E-state index in [1.54, 1.807) is 6.07 Å². The van der Waals surface area contributed by atoms with Crippen LogP contribution in [0.15, 0.2) is 35.2 Å². The van der Waals surface area contributed by atoms with Crippen LogP contribution in [-0.4, -0.2) is 13.0 Å². The summed E-state index contributed by atoms with van der Waals surface area (Å²) in [4.78, 5) is -0.0888. The molecule has 0 fully saturated rings. The molecule has 132 valence electrons. The molecule has 0 spiro atoms. The van der Waals surface area contributed by atoms with Gasteiger partial charge in [-0.2, -0.15) is 0 Å². The molecule has 0 saturated carbocycles. The Balaban J connectivity index is 0.00000312. The van der Waals surface area contributed by atoms with E-state index in [4.69, 9.17) is 0 Å². The van der Waals surface area contributed by atoms with Gasteiger partial charge in [-0.05, 0) is 53.6 Å². The predicted molar refractivity (Wildman–Crippen MR) is 98.4 cm³/mol. The van der Waals surface area contributed by atoms with Gasteiger partial charge in [0.25, 0.3) is 0 Å². The average molecular weight is 387 g/mol. The number of aryl methyl sites for hydroxylation is 2. The molecule has 0 radical (unpaired) electrons. The zero-order chi connectivity index (χ0) is 17.6. The normalized spacial score (nSPS) is 11.5. The van der Waals surface area contributed by atoms with Crippen LogP contribution in [0.3, 0.4) is 0 Å². The first-order valence-corrected chi connectivity index (χ1v) is 10.4. The molecule has 0 bridgehead atoms. The van der Waals surface area contributed by atoms with E-state index in [0.29, 0.717) is 5.39 Å². The Morgan fingerprint density at radius 1 is 0.840 bits per heavy atom. The number of benzene rings is 2. The second kappa shape index (κ2) is 11.2. The van der Waals surface area contributed by atoms with Gasteiger partial charge in [-0.3, -0.25) is 0 Å². The van der Waals surface area contributed by atoms with E-state index >= 15 is 0 Å². The molecule has 2 aromatic carbocycles. The fourth-order valence-corrected chi connectivity index (χ4v) is 3.97. The van der Waals surface area contributed by atoms with Crippen molar-refractivity contribution in [1.29, 1.82) is 0 Å². The molecular formula is C20H27KO3S. The minimum absolute atomic E-state index is 0. The number of rotatable bonds is 9. The molecule has 0 aliphatic rings. The maximum Gasteiger partial charge on any atom is 1.00 e. The summed E-state index contributed by atoms with van der Waals surface area (Å²) in [6.07, 6.45) is 8.62. The maximum atomic E-state index is 11.6. The predicted octanol–water partition coefficient (Wildman–Crippen LogP) is 2.21.